The molecule has 0 spiro atoms. The number of thiocarbonyl (C=S) groups is 1. The first kappa shape index (κ1) is 14.5. The Bertz CT molecular complexity index is 607. The molecule has 0 atom stereocenters. The molecule has 0 heterocycles. The smallest absolute Gasteiger partial charge is 0.173 e. The predicted octanol–water partition coefficient (Wildman–Crippen LogP) is 4.13. The number of hydrogen-bond acceptors (Lipinski definition) is 1. The Morgan fingerprint density at radius 1 is 1.00 bits per heavy atom. The maximum Gasteiger partial charge on any atom is 0.173 e. The second-order valence-electron chi connectivity index (χ2n) is 5.03. The molecular weight excluding hydrogens is 264 g/mol. The second-order valence-corrected chi connectivity index (χ2v) is 5.41. The minimum Gasteiger partial charge on any atom is -0.348 e. The maximum absolute atomic E-state index is 5.48. The fourth-order valence-electron chi connectivity index (χ4n) is 2.04. The lowest BCUT2D eigenvalue weighted by Crippen LogP contribution is -2.31. The van der Waals surface area contributed by atoms with Gasteiger partial charge in [0.15, 0.2) is 5.11 Å². The fourth-order valence-corrected chi connectivity index (χ4v) is 2.21. The summed E-state index contributed by atoms with van der Waals surface area (Å²) in [7, 11) is 2.01. The monoisotopic (exact) mass is 284 g/mol. The highest BCUT2D eigenvalue weighted by Gasteiger charge is 2.07. The van der Waals surface area contributed by atoms with E-state index in [2.05, 4.69) is 54.4 Å². The number of hydrogen-bond donors (Lipinski definition) is 1. The van der Waals surface area contributed by atoms with Crippen molar-refractivity contribution in [1.82, 2.24) is 4.90 Å². The van der Waals surface area contributed by atoms with E-state index in [1.54, 1.807) is 0 Å². The van der Waals surface area contributed by atoms with E-state index >= 15 is 0 Å². The third-order valence-corrected chi connectivity index (χ3v) is 3.82. The normalized spacial score (nSPS) is 10.2. The zero-order valence-corrected chi connectivity index (χ0v) is 13.0. The zero-order chi connectivity index (χ0) is 14.5. The first-order valence-corrected chi connectivity index (χ1v) is 7.11. The standard InChI is InChI=1S/C17H20N2S/c1-13-8-4-6-10-15(13)12-19(3)17(20)18-16-11-7-5-9-14(16)2/h4-11H,12H2,1-3H3,(H,18,20). The highest BCUT2D eigenvalue weighted by atomic mass is 32.1. The van der Waals surface area contributed by atoms with E-state index in [1.807, 2.05) is 25.2 Å². The average Bonchev–Trinajstić information content (AvgIpc) is 2.43. The Hall–Kier alpha value is -1.87. The van der Waals surface area contributed by atoms with Crippen LogP contribution in [0.1, 0.15) is 16.7 Å². The zero-order valence-electron chi connectivity index (χ0n) is 12.2. The lowest BCUT2D eigenvalue weighted by molar-refractivity contribution is 0.507. The van der Waals surface area contributed by atoms with Gasteiger partial charge in [0.1, 0.15) is 0 Å². The van der Waals surface area contributed by atoms with Gasteiger partial charge in [-0.1, -0.05) is 42.5 Å². The molecule has 2 rings (SSSR count). The SMILES string of the molecule is Cc1ccccc1CN(C)C(=S)Nc1ccccc1C. The number of nitrogens with one attached hydrogen (secondary N) is 1. The summed E-state index contributed by atoms with van der Waals surface area (Å²) in [5.41, 5.74) is 4.84. The van der Waals surface area contributed by atoms with Crippen LogP contribution in [-0.4, -0.2) is 17.1 Å². The molecule has 0 fully saturated rings. The van der Waals surface area contributed by atoms with Crippen LogP contribution in [0.15, 0.2) is 48.5 Å². The van der Waals surface area contributed by atoms with Gasteiger partial charge in [0.05, 0.1) is 0 Å². The first-order valence-electron chi connectivity index (χ1n) is 6.70. The summed E-state index contributed by atoms with van der Waals surface area (Å²) in [4.78, 5) is 2.06. The van der Waals surface area contributed by atoms with Gasteiger partial charge in [-0.3, -0.25) is 0 Å². The molecule has 0 saturated carbocycles. The Kier molecular flexibility index (Phi) is 4.74. The van der Waals surface area contributed by atoms with Gasteiger partial charge in [-0.2, -0.15) is 0 Å². The number of para-hydroxylation sites is 1. The average molecular weight is 284 g/mol. The number of rotatable bonds is 3. The van der Waals surface area contributed by atoms with Crippen molar-refractivity contribution in [2.45, 2.75) is 20.4 Å². The molecule has 0 unspecified atom stereocenters. The number of anilines is 1. The van der Waals surface area contributed by atoms with Crippen molar-refractivity contribution in [1.29, 1.82) is 0 Å². The molecule has 0 aromatic heterocycles. The van der Waals surface area contributed by atoms with Crippen LogP contribution in [0.3, 0.4) is 0 Å². The Labute approximate surface area is 126 Å². The molecular formula is C17H20N2S. The van der Waals surface area contributed by atoms with Crippen LogP contribution in [0.25, 0.3) is 0 Å². The largest absolute Gasteiger partial charge is 0.348 e. The van der Waals surface area contributed by atoms with Crippen LogP contribution in [0, 0.1) is 13.8 Å². The molecule has 0 saturated heterocycles. The highest BCUT2D eigenvalue weighted by Crippen LogP contribution is 2.15. The molecule has 0 aliphatic rings. The van der Waals surface area contributed by atoms with E-state index in [4.69, 9.17) is 12.2 Å². The highest BCUT2D eigenvalue weighted by molar-refractivity contribution is 7.80. The van der Waals surface area contributed by atoms with E-state index in [0.717, 1.165) is 17.3 Å². The van der Waals surface area contributed by atoms with Crippen molar-refractivity contribution in [3.8, 4) is 0 Å². The summed E-state index contributed by atoms with van der Waals surface area (Å²) >= 11 is 5.48. The molecule has 20 heavy (non-hydrogen) atoms. The van der Waals surface area contributed by atoms with E-state index < -0.39 is 0 Å². The van der Waals surface area contributed by atoms with Gasteiger partial charge in [0.2, 0.25) is 0 Å². The van der Waals surface area contributed by atoms with Crippen LogP contribution < -0.4 is 5.32 Å². The summed E-state index contributed by atoms with van der Waals surface area (Å²) in [6.45, 7) is 5.01. The fraction of sp³-hybridized carbons (Fsp3) is 0.235. The predicted molar refractivity (Wildman–Crippen MR) is 90.0 cm³/mol. The summed E-state index contributed by atoms with van der Waals surface area (Å²) in [5, 5.41) is 4.05. The quantitative estimate of drug-likeness (QED) is 0.853. The van der Waals surface area contributed by atoms with E-state index in [1.165, 1.54) is 16.7 Å². The Morgan fingerprint density at radius 3 is 2.25 bits per heavy atom. The molecule has 0 amide bonds. The lowest BCUT2D eigenvalue weighted by Gasteiger charge is -2.22. The maximum atomic E-state index is 5.48. The molecule has 0 bridgehead atoms. The van der Waals surface area contributed by atoms with Gasteiger partial charge < -0.3 is 10.2 Å². The summed E-state index contributed by atoms with van der Waals surface area (Å²) < 4.78 is 0. The summed E-state index contributed by atoms with van der Waals surface area (Å²) in [6, 6.07) is 16.6. The number of nitrogens with zero attached hydrogens (tertiary/aromatic N) is 1. The molecule has 1 N–H and O–H groups in total. The van der Waals surface area contributed by atoms with Gasteiger partial charge in [-0.15, -0.1) is 0 Å². The Balaban J connectivity index is 2.03. The molecule has 104 valence electrons. The van der Waals surface area contributed by atoms with Gasteiger partial charge in [-0.05, 0) is 48.8 Å². The van der Waals surface area contributed by atoms with Gasteiger partial charge in [0, 0.05) is 19.3 Å². The molecule has 2 aromatic carbocycles. The van der Waals surface area contributed by atoms with Gasteiger partial charge >= 0.3 is 0 Å². The summed E-state index contributed by atoms with van der Waals surface area (Å²) in [5.74, 6) is 0. The molecule has 0 aliphatic heterocycles. The number of benzene rings is 2. The van der Waals surface area contributed by atoms with Crippen molar-refractivity contribution in [2.75, 3.05) is 12.4 Å². The van der Waals surface area contributed by atoms with Crippen molar-refractivity contribution >= 4 is 23.0 Å². The molecule has 0 aliphatic carbocycles. The van der Waals surface area contributed by atoms with E-state index in [0.29, 0.717) is 0 Å². The minimum absolute atomic E-state index is 0.738. The third kappa shape index (κ3) is 3.58. The molecule has 2 aromatic rings. The van der Waals surface area contributed by atoms with Crippen molar-refractivity contribution in [2.24, 2.45) is 0 Å². The van der Waals surface area contributed by atoms with E-state index in [9.17, 15) is 0 Å². The van der Waals surface area contributed by atoms with Crippen LogP contribution >= 0.6 is 12.2 Å². The van der Waals surface area contributed by atoms with Crippen LogP contribution in [0.2, 0.25) is 0 Å². The van der Waals surface area contributed by atoms with Crippen LogP contribution in [0.4, 0.5) is 5.69 Å². The Morgan fingerprint density at radius 2 is 1.60 bits per heavy atom. The van der Waals surface area contributed by atoms with Crippen LogP contribution in [0.5, 0.6) is 0 Å². The molecule has 0 radical (unpaired) electrons. The van der Waals surface area contributed by atoms with Crippen molar-refractivity contribution < 1.29 is 0 Å². The number of aryl methyl sites for hydroxylation is 2. The molecule has 2 nitrogen and oxygen atoms in total. The topological polar surface area (TPSA) is 15.3 Å². The second kappa shape index (κ2) is 6.53. The summed E-state index contributed by atoms with van der Waals surface area (Å²) in [6.07, 6.45) is 0. The van der Waals surface area contributed by atoms with Crippen molar-refractivity contribution in [3.63, 3.8) is 0 Å². The lowest BCUT2D eigenvalue weighted by atomic mass is 10.1. The van der Waals surface area contributed by atoms with Crippen LogP contribution in [-0.2, 0) is 6.54 Å². The van der Waals surface area contributed by atoms with Gasteiger partial charge in [-0.25, -0.2) is 0 Å². The van der Waals surface area contributed by atoms with Crippen molar-refractivity contribution in [3.05, 3.63) is 65.2 Å². The first-order chi connectivity index (χ1) is 9.58. The van der Waals surface area contributed by atoms with Gasteiger partial charge in [0.25, 0.3) is 0 Å². The van der Waals surface area contributed by atoms with E-state index in [-0.39, 0.29) is 0 Å². The third-order valence-electron chi connectivity index (χ3n) is 3.40. The molecule has 3 heteroatoms. The minimum atomic E-state index is 0.738.